The summed E-state index contributed by atoms with van der Waals surface area (Å²) in [4.78, 5) is 23.6. The molecule has 0 atom stereocenters. The number of carbonyl (C=O) groups excluding carboxylic acids is 2. The molecule has 0 radical (unpaired) electrons. The Morgan fingerprint density at radius 2 is 1.89 bits per heavy atom. The quantitative estimate of drug-likeness (QED) is 0.567. The molecule has 146 valence electrons. The molecular weight excluding hydrogens is 360 g/mol. The summed E-state index contributed by atoms with van der Waals surface area (Å²) < 4.78 is 0. The summed E-state index contributed by atoms with van der Waals surface area (Å²) >= 11 is 1.68. The van der Waals surface area contributed by atoms with Crippen LogP contribution in [-0.4, -0.2) is 36.8 Å². The van der Waals surface area contributed by atoms with Crippen LogP contribution in [0.3, 0.4) is 0 Å². The van der Waals surface area contributed by atoms with Gasteiger partial charge in [0.05, 0.1) is 11.6 Å². The molecule has 2 rings (SSSR count). The van der Waals surface area contributed by atoms with Gasteiger partial charge in [0.1, 0.15) is 0 Å². The number of hydrogen-bond acceptors (Lipinski definition) is 4. The van der Waals surface area contributed by atoms with Crippen molar-refractivity contribution in [3.63, 3.8) is 0 Å². The highest BCUT2D eigenvalue weighted by Gasteiger charge is 2.15. The zero-order valence-electron chi connectivity index (χ0n) is 15.6. The lowest BCUT2D eigenvalue weighted by molar-refractivity contribution is -0.120. The van der Waals surface area contributed by atoms with Crippen molar-refractivity contribution in [1.29, 1.82) is 5.26 Å². The van der Waals surface area contributed by atoms with Crippen molar-refractivity contribution in [1.82, 2.24) is 16.0 Å². The lowest BCUT2D eigenvalue weighted by atomic mass is 9.96. The normalized spacial score (nSPS) is 14.2. The van der Waals surface area contributed by atoms with Gasteiger partial charge in [0, 0.05) is 37.1 Å². The Labute approximate surface area is 165 Å². The predicted molar refractivity (Wildman–Crippen MR) is 108 cm³/mol. The van der Waals surface area contributed by atoms with Gasteiger partial charge in [-0.2, -0.15) is 17.0 Å². The van der Waals surface area contributed by atoms with Crippen LogP contribution in [-0.2, 0) is 10.5 Å². The van der Waals surface area contributed by atoms with E-state index in [1.165, 1.54) is 19.3 Å². The molecule has 1 saturated carbocycles. The molecule has 7 heteroatoms. The Kier molecular flexibility index (Phi) is 9.56. The maximum atomic E-state index is 11.8. The van der Waals surface area contributed by atoms with Crippen molar-refractivity contribution in [3.05, 3.63) is 35.4 Å². The number of nitrogens with zero attached hydrogens (tertiary/aromatic N) is 1. The molecule has 3 amide bonds. The number of hydrogen-bond donors (Lipinski definition) is 3. The first-order chi connectivity index (χ1) is 13.2. The van der Waals surface area contributed by atoms with E-state index in [-0.39, 0.29) is 24.4 Å². The van der Waals surface area contributed by atoms with Crippen LogP contribution in [0, 0.1) is 11.3 Å². The van der Waals surface area contributed by atoms with Gasteiger partial charge in [-0.3, -0.25) is 4.79 Å². The minimum Gasteiger partial charge on any atom is -0.355 e. The molecule has 1 aliphatic rings. The minimum atomic E-state index is -0.179. The second kappa shape index (κ2) is 12.2. The number of amides is 3. The SMILES string of the molecule is N#Cc1ccccc1CSCCNC(=O)CCNC(=O)NC1CCCCC1. The first-order valence-corrected chi connectivity index (χ1v) is 10.7. The van der Waals surface area contributed by atoms with E-state index >= 15 is 0 Å². The van der Waals surface area contributed by atoms with Gasteiger partial charge in [-0.1, -0.05) is 37.5 Å². The van der Waals surface area contributed by atoms with E-state index in [9.17, 15) is 9.59 Å². The Hall–Kier alpha value is -2.20. The van der Waals surface area contributed by atoms with Crippen molar-refractivity contribution in [2.24, 2.45) is 0 Å². The molecule has 1 aliphatic carbocycles. The summed E-state index contributed by atoms with van der Waals surface area (Å²) in [6.45, 7) is 0.916. The van der Waals surface area contributed by atoms with Crippen molar-refractivity contribution < 1.29 is 9.59 Å². The van der Waals surface area contributed by atoms with Gasteiger partial charge in [-0.25, -0.2) is 4.79 Å². The van der Waals surface area contributed by atoms with E-state index in [2.05, 4.69) is 22.0 Å². The molecule has 27 heavy (non-hydrogen) atoms. The first-order valence-electron chi connectivity index (χ1n) is 9.56. The number of urea groups is 1. The Morgan fingerprint density at radius 1 is 1.11 bits per heavy atom. The van der Waals surface area contributed by atoms with Gasteiger partial charge in [0.15, 0.2) is 0 Å². The van der Waals surface area contributed by atoms with Crippen LogP contribution in [0.1, 0.15) is 49.7 Å². The third-order valence-electron chi connectivity index (χ3n) is 4.54. The second-order valence-electron chi connectivity index (χ2n) is 6.66. The second-order valence-corrected chi connectivity index (χ2v) is 7.76. The summed E-state index contributed by atoms with van der Waals surface area (Å²) in [5.74, 6) is 1.47. The number of benzene rings is 1. The highest BCUT2D eigenvalue weighted by atomic mass is 32.2. The minimum absolute atomic E-state index is 0.0639. The van der Waals surface area contributed by atoms with E-state index in [1.54, 1.807) is 11.8 Å². The van der Waals surface area contributed by atoms with Crippen LogP contribution >= 0.6 is 11.8 Å². The molecule has 3 N–H and O–H groups in total. The Morgan fingerprint density at radius 3 is 2.67 bits per heavy atom. The van der Waals surface area contributed by atoms with E-state index in [1.807, 2.05) is 24.3 Å². The van der Waals surface area contributed by atoms with Crippen molar-refractivity contribution in [2.75, 3.05) is 18.8 Å². The average molecular weight is 389 g/mol. The number of nitrogens with one attached hydrogen (secondary N) is 3. The lowest BCUT2D eigenvalue weighted by Gasteiger charge is -2.22. The molecule has 0 aliphatic heterocycles. The third-order valence-corrected chi connectivity index (χ3v) is 5.55. The fraction of sp³-hybridized carbons (Fsp3) is 0.550. The molecule has 1 aromatic carbocycles. The van der Waals surface area contributed by atoms with E-state index < -0.39 is 0 Å². The largest absolute Gasteiger partial charge is 0.355 e. The Bertz CT molecular complexity index is 654. The fourth-order valence-electron chi connectivity index (χ4n) is 3.06. The summed E-state index contributed by atoms with van der Waals surface area (Å²) in [5, 5.41) is 17.6. The number of rotatable bonds is 9. The predicted octanol–water partition coefficient (Wildman–Crippen LogP) is 2.93. The summed E-state index contributed by atoms with van der Waals surface area (Å²) in [6.07, 6.45) is 5.97. The highest BCUT2D eigenvalue weighted by Crippen LogP contribution is 2.17. The molecule has 6 nitrogen and oxygen atoms in total. The van der Waals surface area contributed by atoms with Crippen molar-refractivity contribution >= 4 is 23.7 Å². The molecule has 0 heterocycles. The zero-order chi connectivity index (χ0) is 19.3. The molecule has 0 saturated heterocycles. The Balaban J connectivity index is 1.49. The fourth-order valence-corrected chi connectivity index (χ4v) is 3.92. The van der Waals surface area contributed by atoms with Crippen molar-refractivity contribution in [3.8, 4) is 6.07 Å². The first kappa shape index (κ1) is 21.1. The molecule has 1 aromatic rings. The van der Waals surface area contributed by atoms with E-state index in [4.69, 9.17) is 5.26 Å². The molecular formula is C20H28N4O2S. The van der Waals surface area contributed by atoms with Gasteiger partial charge < -0.3 is 16.0 Å². The topological polar surface area (TPSA) is 94.0 Å². The van der Waals surface area contributed by atoms with Crippen LogP contribution in [0.5, 0.6) is 0 Å². The standard InChI is InChI=1S/C20H28N4O2S/c21-14-16-6-4-5-7-17(16)15-27-13-12-22-19(25)10-11-23-20(26)24-18-8-2-1-3-9-18/h4-7,18H,1-3,8-13,15H2,(H,22,25)(H2,23,24,26). The van der Waals surface area contributed by atoms with Gasteiger partial charge in [-0.05, 0) is 24.5 Å². The molecule has 0 unspecified atom stereocenters. The number of carbonyl (C=O) groups is 2. The number of nitriles is 1. The zero-order valence-corrected chi connectivity index (χ0v) is 16.4. The van der Waals surface area contributed by atoms with Gasteiger partial charge in [0.25, 0.3) is 0 Å². The summed E-state index contributed by atoms with van der Waals surface area (Å²) in [6, 6.07) is 9.84. The number of thioether (sulfide) groups is 1. The molecule has 0 aromatic heterocycles. The van der Waals surface area contributed by atoms with Crippen LogP contribution in [0.2, 0.25) is 0 Å². The molecule has 0 spiro atoms. The smallest absolute Gasteiger partial charge is 0.315 e. The maximum Gasteiger partial charge on any atom is 0.315 e. The highest BCUT2D eigenvalue weighted by molar-refractivity contribution is 7.98. The van der Waals surface area contributed by atoms with Crippen molar-refractivity contribution in [2.45, 2.75) is 50.3 Å². The van der Waals surface area contributed by atoms with E-state index in [0.29, 0.717) is 18.7 Å². The van der Waals surface area contributed by atoms with Crippen LogP contribution in [0.4, 0.5) is 4.79 Å². The van der Waals surface area contributed by atoms with Gasteiger partial charge in [0.2, 0.25) is 5.91 Å². The van der Waals surface area contributed by atoms with E-state index in [0.717, 1.165) is 29.9 Å². The summed E-state index contributed by atoms with van der Waals surface area (Å²) in [7, 11) is 0. The van der Waals surface area contributed by atoms with Crippen LogP contribution < -0.4 is 16.0 Å². The lowest BCUT2D eigenvalue weighted by Crippen LogP contribution is -2.43. The van der Waals surface area contributed by atoms with Gasteiger partial charge in [-0.15, -0.1) is 0 Å². The van der Waals surface area contributed by atoms with Crippen LogP contribution in [0.15, 0.2) is 24.3 Å². The molecule has 0 bridgehead atoms. The van der Waals surface area contributed by atoms with Gasteiger partial charge >= 0.3 is 6.03 Å². The monoisotopic (exact) mass is 388 g/mol. The molecule has 1 fully saturated rings. The summed E-state index contributed by atoms with van der Waals surface area (Å²) in [5.41, 5.74) is 1.72. The average Bonchev–Trinajstić information content (AvgIpc) is 2.68. The maximum absolute atomic E-state index is 11.8. The van der Waals surface area contributed by atoms with Crippen LogP contribution in [0.25, 0.3) is 0 Å². The third kappa shape index (κ3) is 8.35.